The van der Waals surface area contributed by atoms with Crippen molar-refractivity contribution in [2.75, 3.05) is 6.54 Å². The summed E-state index contributed by atoms with van der Waals surface area (Å²) in [7, 11) is 0. The molecule has 0 radical (unpaired) electrons. The fraction of sp³-hybridized carbons (Fsp3) is 0.462. The number of hydrogen-bond acceptors (Lipinski definition) is 2. The Labute approximate surface area is 94.9 Å². The molecule has 2 nitrogen and oxygen atoms in total. The van der Waals surface area contributed by atoms with Gasteiger partial charge in [-0.3, -0.25) is 4.79 Å². The summed E-state index contributed by atoms with van der Waals surface area (Å²) in [5, 5.41) is 3.18. The summed E-state index contributed by atoms with van der Waals surface area (Å²) in [5.41, 5.74) is 1.77. The first-order chi connectivity index (χ1) is 7.65. The number of Topliss-reactive ketones (excluding diaryl/α,β-unsaturated/α-hetero) is 1. The maximum absolute atomic E-state index is 12.8. The van der Waals surface area contributed by atoms with Crippen molar-refractivity contribution in [3.63, 3.8) is 0 Å². The van der Waals surface area contributed by atoms with Crippen LogP contribution in [-0.4, -0.2) is 18.4 Å². The Morgan fingerprint density at radius 3 is 2.88 bits per heavy atom. The van der Waals surface area contributed by atoms with Gasteiger partial charge in [-0.2, -0.15) is 0 Å². The molecule has 1 aliphatic carbocycles. The number of ketones is 1. The van der Waals surface area contributed by atoms with Crippen LogP contribution in [0.15, 0.2) is 18.2 Å². The molecule has 2 rings (SSSR count). The SMILES string of the molecule is Cc1cc(F)ccc1CC(=O)CNC1CC1. The number of aryl methyl sites for hydroxylation is 1. The number of carbonyl (C=O) groups excluding carboxylic acids is 1. The van der Waals surface area contributed by atoms with Gasteiger partial charge in [0.15, 0.2) is 5.78 Å². The van der Waals surface area contributed by atoms with Gasteiger partial charge in [-0.25, -0.2) is 4.39 Å². The van der Waals surface area contributed by atoms with Crippen LogP contribution in [0.2, 0.25) is 0 Å². The van der Waals surface area contributed by atoms with Gasteiger partial charge in [-0.15, -0.1) is 0 Å². The van der Waals surface area contributed by atoms with Crippen molar-refractivity contribution in [1.29, 1.82) is 0 Å². The first kappa shape index (κ1) is 11.3. The van der Waals surface area contributed by atoms with E-state index in [0.717, 1.165) is 11.1 Å². The van der Waals surface area contributed by atoms with Crippen LogP contribution in [-0.2, 0) is 11.2 Å². The Balaban J connectivity index is 1.89. The zero-order valence-electron chi connectivity index (χ0n) is 9.42. The van der Waals surface area contributed by atoms with Crippen molar-refractivity contribution in [3.05, 3.63) is 35.1 Å². The highest BCUT2D eigenvalue weighted by molar-refractivity contribution is 5.83. The van der Waals surface area contributed by atoms with E-state index >= 15 is 0 Å². The monoisotopic (exact) mass is 221 g/mol. The fourth-order valence-corrected chi connectivity index (χ4v) is 1.68. The molecule has 1 fully saturated rings. The predicted octanol–water partition coefficient (Wildman–Crippen LogP) is 2.00. The first-order valence-corrected chi connectivity index (χ1v) is 5.65. The van der Waals surface area contributed by atoms with Crippen molar-refractivity contribution in [1.82, 2.24) is 5.32 Å². The molecule has 0 amide bonds. The molecule has 0 spiro atoms. The molecule has 0 atom stereocenters. The summed E-state index contributed by atoms with van der Waals surface area (Å²) < 4.78 is 12.8. The van der Waals surface area contributed by atoms with Crippen molar-refractivity contribution in [2.24, 2.45) is 0 Å². The maximum atomic E-state index is 12.8. The third kappa shape index (κ3) is 3.14. The van der Waals surface area contributed by atoms with E-state index in [9.17, 15) is 9.18 Å². The summed E-state index contributed by atoms with van der Waals surface area (Å²) in [5.74, 6) is -0.0774. The molecule has 1 aromatic carbocycles. The highest BCUT2D eigenvalue weighted by atomic mass is 19.1. The van der Waals surface area contributed by atoms with Crippen LogP contribution in [0.5, 0.6) is 0 Å². The zero-order valence-corrected chi connectivity index (χ0v) is 9.42. The van der Waals surface area contributed by atoms with E-state index in [4.69, 9.17) is 0 Å². The lowest BCUT2D eigenvalue weighted by atomic mass is 10.0. The number of nitrogens with one attached hydrogen (secondary N) is 1. The van der Waals surface area contributed by atoms with Gasteiger partial charge in [0.1, 0.15) is 5.82 Å². The number of benzene rings is 1. The van der Waals surface area contributed by atoms with E-state index in [0.29, 0.717) is 19.0 Å². The van der Waals surface area contributed by atoms with E-state index < -0.39 is 0 Å². The lowest BCUT2D eigenvalue weighted by Crippen LogP contribution is -2.26. The summed E-state index contributed by atoms with van der Waals surface area (Å²) in [6, 6.07) is 5.12. The summed E-state index contributed by atoms with van der Waals surface area (Å²) in [6.45, 7) is 2.27. The topological polar surface area (TPSA) is 29.1 Å². The van der Waals surface area contributed by atoms with Crippen LogP contribution < -0.4 is 5.32 Å². The highest BCUT2D eigenvalue weighted by Gasteiger charge is 2.21. The summed E-state index contributed by atoms with van der Waals surface area (Å²) in [6.07, 6.45) is 2.76. The van der Waals surface area contributed by atoms with Crippen LogP contribution in [0.3, 0.4) is 0 Å². The first-order valence-electron chi connectivity index (χ1n) is 5.65. The second-order valence-electron chi connectivity index (χ2n) is 4.44. The molecule has 0 aromatic heterocycles. The lowest BCUT2D eigenvalue weighted by Gasteiger charge is -2.06. The zero-order chi connectivity index (χ0) is 11.5. The van der Waals surface area contributed by atoms with Crippen LogP contribution in [0.25, 0.3) is 0 Å². The molecular weight excluding hydrogens is 205 g/mol. The molecule has 0 aliphatic heterocycles. The van der Waals surface area contributed by atoms with E-state index in [1.807, 2.05) is 6.92 Å². The third-order valence-corrected chi connectivity index (χ3v) is 2.86. The molecule has 1 aromatic rings. The van der Waals surface area contributed by atoms with Gasteiger partial charge in [-0.05, 0) is 43.0 Å². The Kier molecular flexibility index (Phi) is 3.34. The van der Waals surface area contributed by atoms with E-state index in [-0.39, 0.29) is 11.6 Å². The summed E-state index contributed by atoms with van der Waals surface area (Å²) in [4.78, 5) is 11.6. The summed E-state index contributed by atoms with van der Waals surface area (Å²) >= 11 is 0. The molecule has 1 N–H and O–H groups in total. The molecule has 0 bridgehead atoms. The number of halogens is 1. The molecule has 0 saturated heterocycles. The second-order valence-corrected chi connectivity index (χ2v) is 4.44. The van der Waals surface area contributed by atoms with Crippen molar-refractivity contribution in [3.8, 4) is 0 Å². The van der Waals surface area contributed by atoms with Crippen LogP contribution in [0.1, 0.15) is 24.0 Å². The second kappa shape index (κ2) is 4.74. The molecule has 1 aliphatic rings. The fourth-order valence-electron chi connectivity index (χ4n) is 1.68. The Bertz CT molecular complexity index is 399. The van der Waals surface area contributed by atoms with E-state index in [1.54, 1.807) is 6.07 Å². The molecule has 16 heavy (non-hydrogen) atoms. The van der Waals surface area contributed by atoms with Crippen molar-refractivity contribution in [2.45, 2.75) is 32.2 Å². The van der Waals surface area contributed by atoms with Crippen molar-refractivity contribution >= 4 is 5.78 Å². The lowest BCUT2D eigenvalue weighted by molar-refractivity contribution is -0.117. The molecule has 0 unspecified atom stereocenters. The van der Waals surface area contributed by atoms with Gasteiger partial charge < -0.3 is 5.32 Å². The number of carbonyl (C=O) groups is 1. The highest BCUT2D eigenvalue weighted by Crippen LogP contribution is 2.18. The number of rotatable bonds is 5. The average molecular weight is 221 g/mol. The normalized spacial score (nSPS) is 15.1. The predicted molar refractivity (Wildman–Crippen MR) is 60.9 cm³/mol. The van der Waals surface area contributed by atoms with Crippen molar-refractivity contribution < 1.29 is 9.18 Å². The smallest absolute Gasteiger partial charge is 0.150 e. The van der Waals surface area contributed by atoms with Crippen LogP contribution in [0.4, 0.5) is 4.39 Å². The van der Waals surface area contributed by atoms with Gasteiger partial charge in [0.25, 0.3) is 0 Å². The van der Waals surface area contributed by atoms with Gasteiger partial charge in [0.2, 0.25) is 0 Å². The van der Waals surface area contributed by atoms with E-state index in [1.165, 1.54) is 25.0 Å². The minimum atomic E-state index is -0.246. The largest absolute Gasteiger partial charge is 0.307 e. The number of hydrogen-bond donors (Lipinski definition) is 1. The van der Waals surface area contributed by atoms with Gasteiger partial charge in [0.05, 0.1) is 6.54 Å². The molecular formula is C13H16FNO. The van der Waals surface area contributed by atoms with Crippen LogP contribution in [0, 0.1) is 12.7 Å². The Morgan fingerprint density at radius 1 is 1.50 bits per heavy atom. The minimum Gasteiger partial charge on any atom is -0.307 e. The van der Waals surface area contributed by atoms with Gasteiger partial charge in [0, 0.05) is 12.5 Å². The molecule has 1 saturated carbocycles. The van der Waals surface area contributed by atoms with E-state index in [2.05, 4.69) is 5.32 Å². The molecule has 3 heteroatoms. The van der Waals surface area contributed by atoms with Crippen LogP contribution >= 0.6 is 0 Å². The molecule has 86 valence electrons. The Hall–Kier alpha value is -1.22. The quantitative estimate of drug-likeness (QED) is 0.824. The minimum absolute atomic E-state index is 0.168. The van der Waals surface area contributed by atoms with Gasteiger partial charge >= 0.3 is 0 Å². The molecule has 0 heterocycles. The Morgan fingerprint density at radius 2 is 2.25 bits per heavy atom. The maximum Gasteiger partial charge on any atom is 0.150 e. The standard InChI is InChI=1S/C13H16FNO/c1-9-6-11(14)3-2-10(9)7-13(16)8-15-12-4-5-12/h2-3,6,12,15H,4-5,7-8H2,1H3. The van der Waals surface area contributed by atoms with Gasteiger partial charge in [-0.1, -0.05) is 6.07 Å². The average Bonchev–Trinajstić information content (AvgIpc) is 3.03. The third-order valence-electron chi connectivity index (χ3n) is 2.86.